The molecule has 0 aliphatic carbocycles. The molecule has 0 bridgehead atoms. The minimum atomic E-state index is -2.01. The molecule has 0 saturated heterocycles. The van der Waals surface area contributed by atoms with Gasteiger partial charge in [0.2, 0.25) is 9.04 Å². The lowest BCUT2D eigenvalue weighted by Crippen LogP contribution is -2.50. The number of cyclic esters (lactones) is 2. The highest BCUT2D eigenvalue weighted by atomic mass is 28.3. The third kappa shape index (κ3) is 10.2. The molecule has 3 atom stereocenters. The SMILES string of the molecule is CC(C)(C)CCC(O[SiH](c1ccccc1)c1ccccc1)C1OC(=O)C=C1c1ccccc1.O=C1C=C(c2ccccc2)C(CCCO)O1. The Morgan fingerprint density at radius 2 is 1.16 bits per heavy atom. The van der Waals surface area contributed by atoms with Crippen molar-refractivity contribution < 1.29 is 28.6 Å². The Bertz CT molecular complexity index is 1660. The van der Waals surface area contributed by atoms with Crippen LogP contribution in [-0.2, 0) is 23.5 Å². The first-order chi connectivity index (χ1) is 23.7. The van der Waals surface area contributed by atoms with E-state index in [2.05, 4.69) is 69.3 Å². The maximum absolute atomic E-state index is 12.4. The fraction of sp³-hybridized carbons (Fsp3) is 0.286. The van der Waals surface area contributed by atoms with Gasteiger partial charge in [-0.1, -0.05) is 142 Å². The number of carbonyl (C=O) groups excluding carboxylic acids is 2. The summed E-state index contributed by atoms with van der Waals surface area (Å²) < 4.78 is 18.1. The van der Waals surface area contributed by atoms with E-state index < -0.39 is 15.1 Å². The first-order valence-corrected chi connectivity index (χ1v) is 18.7. The Morgan fingerprint density at radius 1 is 0.694 bits per heavy atom. The predicted octanol–water partition coefficient (Wildman–Crippen LogP) is 6.51. The molecule has 0 saturated carbocycles. The molecule has 2 aliphatic heterocycles. The lowest BCUT2D eigenvalue weighted by atomic mass is 9.87. The molecule has 0 amide bonds. The van der Waals surface area contributed by atoms with Crippen molar-refractivity contribution >= 4 is 42.5 Å². The number of aliphatic hydroxyl groups is 1. The number of rotatable bonds is 12. The molecule has 1 N–H and O–H groups in total. The maximum Gasteiger partial charge on any atom is 0.331 e. The molecule has 6 nitrogen and oxygen atoms in total. The van der Waals surface area contributed by atoms with E-state index in [9.17, 15) is 9.59 Å². The van der Waals surface area contributed by atoms with Crippen LogP contribution in [0.4, 0.5) is 0 Å². The number of benzene rings is 4. The van der Waals surface area contributed by atoms with Gasteiger partial charge in [-0.2, -0.15) is 0 Å². The molecule has 4 aromatic rings. The van der Waals surface area contributed by atoms with Crippen molar-refractivity contribution in [3.8, 4) is 0 Å². The van der Waals surface area contributed by atoms with Crippen LogP contribution >= 0.6 is 0 Å². The van der Waals surface area contributed by atoms with Crippen molar-refractivity contribution in [3.05, 3.63) is 145 Å². The summed E-state index contributed by atoms with van der Waals surface area (Å²) in [6.07, 6.45) is 5.43. The van der Waals surface area contributed by atoms with E-state index in [0.717, 1.165) is 35.1 Å². The summed E-state index contributed by atoms with van der Waals surface area (Å²) in [7, 11) is -2.01. The predicted molar refractivity (Wildman–Crippen MR) is 198 cm³/mol. The highest BCUT2D eigenvalue weighted by Crippen LogP contribution is 2.34. The van der Waals surface area contributed by atoms with E-state index in [0.29, 0.717) is 12.8 Å². The van der Waals surface area contributed by atoms with Gasteiger partial charge in [-0.15, -0.1) is 0 Å². The minimum Gasteiger partial charge on any atom is -0.454 e. The molecule has 3 unspecified atom stereocenters. The van der Waals surface area contributed by atoms with Crippen molar-refractivity contribution in [1.82, 2.24) is 0 Å². The van der Waals surface area contributed by atoms with Gasteiger partial charge < -0.3 is 19.0 Å². The molecule has 2 heterocycles. The van der Waals surface area contributed by atoms with Crippen molar-refractivity contribution in [2.45, 2.75) is 64.8 Å². The molecular formula is C42H46O6Si. The second-order valence-electron chi connectivity index (χ2n) is 13.6. The highest BCUT2D eigenvalue weighted by Gasteiger charge is 2.37. The van der Waals surface area contributed by atoms with Crippen LogP contribution in [-0.4, -0.2) is 51.0 Å². The number of esters is 2. The number of ether oxygens (including phenoxy) is 2. The highest BCUT2D eigenvalue weighted by molar-refractivity contribution is 6.80. The smallest absolute Gasteiger partial charge is 0.331 e. The third-order valence-corrected chi connectivity index (χ3v) is 11.2. The van der Waals surface area contributed by atoms with Crippen LogP contribution in [0.2, 0.25) is 0 Å². The summed E-state index contributed by atoms with van der Waals surface area (Å²) in [5.74, 6) is -0.581. The van der Waals surface area contributed by atoms with E-state index in [1.807, 2.05) is 72.8 Å². The topological polar surface area (TPSA) is 82.1 Å². The van der Waals surface area contributed by atoms with E-state index in [1.54, 1.807) is 6.08 Å². The molecule has 0 fully saturated rings. The first kappa shape index (κ1) is 35.7. The Hall–Kier alpha value is -4.56. The number of hydrogen-bond acceptors (Lipinski definition) is 6. The molecule has 6 rings (SSSR count). The number of hydrogen-bond donors (Lipinski definition) is 1. The number of aliphatic hydroxyl groups excluding tert-OH is 1. The second kappa shape index (κ2) is 17.2. The Labute approximate surface area is 291 Å². The average molecular weight is 675 g/mol. The molecule has 7 heteroatoms. The van der Waals surface area contributed by atoms with Crippen LogP contribution in [0, 0.1) is 5.41 Å². The van der Waals surface area contributed by atoms with Crippen LogP contribution in [0.25, 0.3) is 11.1 Å². The van der Waals surface area contributed by atoms with Gasteiger partial charge in [0.25, 0.3) is 0 Å². The monoisotopic (exact) mass is 674 g/mol. The molecule has 4 aromatic carbocycles. The van der Waals surface area contributed by atoms with Crippen molar-refractivity contribution in [2.75, 3.05) is 6.61 Å². The molecule has 2 aliphatic rings. The van der Waals surface area contributed by atoms with Crippen LogP contribution in [0.5, 0.6) is 0 Å². The Morgan fingerprint density at radius 3 is 1.67 bits per heavy atom. The zero-order valence-corrected chi connectivity index (χ0v) is 29.7. The molecule has 254 valence electrons. The molecule has 0 aromatic heterocycles. The second-order valence-corrected chi connectivity index (χ2v) is 15.9. The zero-order chi connectivity index (χ0) is 34.6. The summed E-state index contributed by atoms with van der Waals surface area (Å²) in [6, 6.07) is 40.7. The van der Waals surface area contributed by atoms with Gasteiger partial charge in [-0.25, -0.2) is 9.59 Å². The molecular weight excluding hydrogens is 629 g/mol. The third-order valence-electron chi connectivity index (χ3n) is 8.57. The number of carbonyl (C=O) groups is 2. The summed E-state index contributed by atoms with van der Waals surface area (Å²) >= 11 is 0. The molecule has 49 heavy (non-hydrogen) atoms. The minimum absolute atomic E-state index is 0.121. The Balaban J connectivity index is 0.000000244. The van der Waals surface area contributed by atoms with Gasteiger partial charge in [0, 0.05) is 29.9 Å². The fourth-order valence-electron chi connectivity index (χ4n) is 6.08. The van der Waals surface area contributed by atoms with Gasteiger partial charge in [-0.3, -0.25) is 0 Å². The van der Waals surface area contributed by atoms with Gasteiger partial charge in [0.05, 0.1) is 6.10 Å². The van der Waals surface area contributed by atoms with Crippen molar-refractivity contribution in [1.29, 1.82) is 0 Å². The fourth-order valence-corrected chi connectivity index (χ4v) is 8.55. The summed E-state index contributed by atoms with van der Waals surface area (Å²) in [5, 5.41) is 11.2. The van der Waals surface area contributed by atoms with Crippen molar-refractivity contribution in [3.63, 3.8) is 0 Å². The lowest BCUT2D eigenvalue weighted by Gasteiger charge is -2.32. The lowest BCUT2D eigenvalue weighted by molar-refractivity contribution is -0.142. The van der Waals surface area contributed by atoms with Gasteiger partial charge in [-0.05, 0) is 52.6 Å². The summed E-state index contributed by atoms with van der Waals surface area (Å²) in [5.41, 5.74) is 4.00. The van der Waals surface area contributed by atoms with Gasteiger partial charge in [0.15, 0.2) is 6.10 Å². The standard InChI is InChI=1S/C29H32O3Si.C13H14O3/c1-29(2,3)20-19-26(28-25(21-27(30)31-28)22-13-7-4-8-14-22)32-33(23-15-9-5-10-16-23)24-17-11-6-12-18-24;14-8-4-7-12-11(9-13(15)16-12)10-5-2-1-3-6-10/h4-18,21,26,28,33H,19-20H2,1-3H3;1-3,5-6,9,12,14H,4,7-8H2. The first-order valence-electron chi connectivity index (χ1n) is 17.0. The van der Waals surface area contributed by atoms with E-state index in [4.69, 9.17) is 19.0 Å². The summed E-state index contributed by atoms with van der Waals surface area (Å²) in [6.45, 7) is 6.84. The Kier molecular flexibility index (Phi) is 12.5. The molecule has 0 spiro atoms. The average Bonchev–Trinajstić information content (AvgIpc) is 3.70. The normalized spacial score (nSPS) is 17.8. The van der Waals surface area contributed by atoms with Gasteiger partial charge in [0.1, 0.15) is 6.10 Å². The molecule has 0 radical (unpaired) electrons. The van der Waals surface area contributed by atoms with Crippen LogP contribution in [0.1, 0.15) is 57.6 Å². The van der Waals surface area contributed by atoms with Crippen LogP contribution in [0.3, 0.4) is 0 Å². The van der Waals surface area contributed by atoms with Gasteiger partial charge >= 0.3 is 11.9 Å². The van der Waals surface area contributed by atoms with E-state index in [1.165, 1.54) is 16.4 Å². The summed E-state index contributed by atoms with van der Waals surface area (Å²) in [4.78, 5) is 23.7. The quantitative estimate of drug-likeness (QED) is 0.136. The van der Waals surface area contributed by atoms with E-state index in [-0.39, 0.29) is 36.2 Å². The zero-order valence-electron chi connectivity index (χ0n) is 28.5. The van der Waals surface area contributed by atoms with Crippen LogP contribution < -0.4 is 10.4 Å². The van der Waals surface area contributed by atoms with Crippen LogP contribution in [0.15, 0.2) is 133 Å². The van der Waals surface area contributed by atoms with Crippen molar-refractivity contribution in [2.24, 2.45) is 5.41 Å². The maximum atomic E-state index is 12.4. The van der Waals surface area contributed by atoms with E-state index >= 15 is 0 Å². The largest absolute Gasteiger partial charge is 0.454 e.